The lowest BCUT2D eigenvalue weighted by atomic mass is 10.1. The van der Waals surface area contributed by atoms with Gasteiger partial charge in [0.25, 0.3) is 0 Å². The van der Waals surface area contributed by atoms with Crippen molar-refractivity contribution in [3.05, 3.63) is 29.3 Å². The Bertz CT molecular complexity index is 398. The van der Waals surface area contributed by atoms with Crippen molar-refractivity contribution >= 4 is 0 Å². The molecule has 106 valence electrons. The van der Waals surface area contributed by atoms with Crippen LogP contribution in [0.15, 0.2) is 18.2 Å². The van der Waals surface area contributed by atoms with Crippen molar-refractivity contribution in [1.82, 2.24) is 4.90 Å². The van der Waals surface area contributed by atoms with Crippen molar-refractivity contribution in [3.8, 4) is 5.75 Å². The number of ether oxygens (including phenoxy) is 1. The van der Waals surface area contributed by atoms with E-state index in [2.05, 4.69) is 30.0 Å². The normalized spacial score (nSPS) is 18.3. The van der Waals surface area contributed by atoms with Gasteiger partial charge in [-0.3, -0.25) is 4.90 Å². The van der Waals surface area contributed by atoms with E-state index in [-0.39, 0.29) is 6.04 Å². The van der Waals surface area contributed by atoms with Crippen molar-refractivity contribution in [1.29, 1.82) is 0 Å². The minimum absolute atomic E-state index is 0.0191. The molecule has 3 heteroatoms. The lowest BCUT2D eigenvalue weighted by molar-refractivity contribution is 0.182. The molecule has 1 aliphatic heterocycles. The molecule has 1 aliphatic rings. The summed E-state index contributed by atoms with van der Waals surface area (Å²) in [6, 6.07) is 6.28. The molecule has 0 bridgehead atoms. The number of piperidine rings is 1. The lowest BCUT2D eigenvalue weighted by Crippen LogP contribution is -2.33. The topological polar surface area (TPSA) is 38.5 Å². The van der Waals surface area contributed by atoms with Crippen LogP contribution in [0.4, 0.5) is 0 Å². The molecule has 1 fully saturated rings. The highest BCUT2D eigenvalue weighted by molar-refractivity contribution is 5.38. The molecule has 0 radical (unpaired) electrons. The summed E-state index contributed by atoms with van der Waals surface area (Å²) in [7, 11) is 0. The van der Waals surface area contributed by atoms with Crippen molar-refractivity contribution in [2.75, 3.05) is 26.2 Å². The Kier molecular flexibility index (Phi) is 5.23. The van der Waals surface area contributed by atoms with Crippen LogP contribution in [0.3, 0.4) is 0 Å². The highest BCUT2D eigenvalue weighted by atomic mass is 16.5. The van der Waals surface area contributed by atoms with Gasteiger partial charge in [0, 0.05) is 18.2 Å². The van der Waals surface area contributed by atoms with Gasteiger partial charge in [0.2, 0.25) is 0 Å². The quantitative estimate of drug-likeness (QED) is 0.886. The highest BCUT2D eigenvalue weighted by Gasteiger charge is 2.11. The number of likely N-dealkylation sites (tertiary alicyclic amines) is 1. The van der Waals surface area contributed by atoms with Gasteiger partial charge in [0.1, 0.15) is 12.4 Å². The Morgan fingerprint density at radius 2 is 2.00 bits per heavy atom. The number of aryl methyl sites for hydroxylation is 1. The summed E-state index contributed by atoms with van der Waals surface area (Å²) in [5.41, 5.74) is 8.31. The zero-order chi connectivity index (χ0) is 13.7. The summed E-state index contributed by atoms with van der Waals surface area (Å²) in [4.78, 5) is 2.49. The largest absolute Gasteiger partial charge is 0.492 e. The average Bonchev–Trinajstić information content (AvgIpc) is 2.39. The second-order valence-corrected chi connectivity index (χ2v) is 5.58. The molecule has 0 unspecified atom stereocenters. The Morgan fingerprint density at radius 3 is 2.68 bits per heavy atom. The molecule has 0 aromatic heterocycles. The summed E-state index contributed by atoms with van der Waals surface area (Å²) < 4.78 is 5.96. The first kappa shape index (κ1) is 14.4. The molecule has 2 rings (SSSR count). The molecule has 1 atom stereocenters. The van der Waals surface area contributed by atoms with Crippen LogP contribution < -0.4 is 10.5 Å². The van der Waals surface area contributed by atoms with Gasteiger partial charge >= 0.3 is 0 Å². The molecule has 0 aliphatic carbocycles. The molecule has 0 spiro atoms. The van der Waals surface area contributed by atoms with Crippen LogP contribution in [0.25, 0.3) is 0 Å². The molecule has 3 nitrogen and oxygen atoms in total. The monoisotopic (exact) mass is 262 g/mol. The number of hydrogen-bond donors (Lipinski definition) is 1. The van der Waals surface area contributed by atoms with Gasteiger partial charge in [-0.15, -0.1) is 0 Å². The van der Waals surface area contributed by atoms with Crippen LogP contribution in [0.5, 0.6) is 5.75 Å². The zero-order valence-electron chi connectivity index (χ0n) is 12.2. The summed E-state index contributed by atoms with van der Waals surface area (Å²) in [5, 5.41) is 0. The molecule has 1 aromatic rings. The lowest BCUT2D eigenvalue weighted by Gasteiger charge is -2.26. The molecule has 1 aromatic carbocycles. The van der Waals surface area contributed by atoms with E-state index in [0.717, 1.165) is 24.5 Å². The molecule has 19 heavy (non-hydrogen) atoms. The van der Waals surface area contributed by atoms with E-state index >= 15 is 0 Å². The van der Waals surface area contributed by atoms with Crippen molar-refractivity contribution < 1.29 is 4.74 Å². The predicted octanol–water partition coefficient (Wildman–Crippen LogP) is 2.88. The third-order valence-corrected chi connectivity index (χ3v) is 3.77. The van der Waals surface area contributed by atoms with Gasteiger partial charge in [-0.05, 0) is 51.4 Å². The third-order valence-electron chi connectivity index (χ3n) is 3.77. The Hall–Kier alpha value is -1.06. The van der Waals surface area contributed by atoms with E-state index in [1.54, 1.807) is 0 Å². The van der Waals surface area contributed by atoms with Crippen LogP contribution in [0.1, 0.15) is 43.4 Å². The summed E-state index contributed by atoms with van der Waals surface area (Å²) >= 11 is 0. The van der Waals surface area contributed by atoms with Crippen LogP contribution in [-0.4, -0.2) is 31.1 Å². The number of nitrogens with zero attached hydrogens (tertiary/aromatic N) is 1. The van der Waals surface area contributed by atoms with Crippen LogP contribution in [-0.2, 0) is 0 Å². The maximum Gasteiger partial charge on any atom is 0.124 e. The molecule has 0 saturated carbocycles. The van der Waals surface area contributed by atoms with Crippen LogP contribution in [0, 0.1) is 6.92 Å². The number of hydrogen-bond acceptors (Lipinski definition) is 3. The van der Waals surface area contributed by atoms with Gasteiger partial charge in [-0.2, -0.15) is 0 Å². The van der Waals surface area contributed by atoms with E-state index < -0.39 is 0 Å². The first-order chi connectivity index (χ1) is 9.16. The first-order valence-corrected chi connectivity index (χ1v) is 7.38. The SMILES string of the molecule is Cc1ccc([C@H](C)N)c(OCCN2CCCCC2)c1. The van der Waals surface area contributed by atoms with E-state index in [1.165, 1.54) is 37.9 Å². The third kappa shape index (κ3) is 4.22. The smallest absolute Gasteiger partial charge is 0.124 e. The molecular formula is C16H26N2O. The minimum atomic E-state index is 0.0191. The highest BCUT2D eigenvalue weighted by Crippen LogP contribution is 2.25. The summed E-state index contributed by atoms with van der Waals surface area (Å²) in [6.07, 6.45) is 4.04. The Labute approximate surface area is 116 Å². The second-order valence-electron chi connectivity index (χ2n) is 5.58. The van der Waals surface area contributed by atoms with E-state index in [0.29, 0.717) is 0 Å². The number of benzene rings is 1. The van der Waals surface area contributed by atoms with Crippen molar-refractivity contribution in [2.24, 2.45) is 5.73 Å². The molecule has 2 N–H and O–H groups in total. The van der Waals surface area contributed by atoms with Crippen LogP contribution in [0.2, 0.25) is 0 Å². The Morgan fingerprint density at radius 1 is 1.26 bits per heavy atom. The van der Waals surface area contributed by atoms with Crippen molar-refractivity contribution in [3.63, 3.8) is 0 Å². The van der Waals surface area contributed by atoms with Crippen LogP contribution >= 0.6 is 0 Å². The maximum atomic E-state index is 5.99. The molecule has 0 amide bonds. The first-order valence-electron chi connectivity index (χ1n) is 7.38. The molecule has 1 saturated heterocycles. The predicted molar refractivity (Wildman–Crippen MR) is 79.6 cm³/mol. The minimum Gasteiger partial charge on any atom is -0.492 e. The fourth-order valence-corrected chi connectivity index (χ4v) is 2.61. The standard InChI is InChI=1S/C16H26N2O/c1-13-6-7-15(14(2)17)16(12-13)19-11-10-18-8-4-3-5-9-18/h6-7,12,14H,3-5,8-11,17H2,1-2H3/t14-/m0/s1. The van der Waals surface area contributed by atoms with E-state index in [1.807, 2.05) is 6.92 Å². The molecule has 1 heterocycles. The fourth-order valence-electron chi connectivity index (χ4n) is 2.61. The van der Waals surface area contributed by atoms with Gasteiger partial charge in [0.05, 0.1) is 0 Å². The Balaban J connectivity index is 1.89. The number of rotatable bonds is 5. The zero-order valence-corrected chi connectivity index (χ0v) is 12.2. The summed E-state index contributed by atoms with van der Waals surface area (Å²) in [5.74, 6) is 0.951. The van der Waals surface area contributed by atoms with E-state index in [9.17, 15) is 0 Å². The second kappa shape index (κ2) is 6.92. The number of nitrogens with two attached hydrogens (primary N) is 1. The van der Waals surface area contributed by atoms with E-state index in [4.69, 9.17) is 10.5 Å². The average molecular weight is 262 g/mol. The summed E-state index contributed by atoms with van der Waals surface area (Å²) in [6.45, 7) is 8.30. The van der Waals surface area contributed by atoms with Gasteiger partial charge in [0.15, 0.2) is 0 Å². The molecular weight excluding hydrogens is 236 g/mol. The maximum absolute atomic E-state index is 5.99. The van der Waals surface area contributed by atoms with Gasteiger partial charge < -0.3 is 10.5 Å². The van der Waals surface area contributed by atoms with Gasteiger partial charge in [-0.1, -0.05) is 18.6 Å². The van der Waals surface area contributed by atoms with Gasteiger partial charge in [-0.25, -0.2) is 0 Å². The fraction of sp³-hybridized carbons (Fsp3) is 0.625. The van der Waals surface area contributed by atoms with Crippen molar-refractivity contribution in [2.45, 2.75) is 39.2 Å².